The molecule has 1 unspecified atom stereocenters. The van der Waals surface area contributed by atoms with Crippen LogP contribution in [0.3, 0.4) is 0 Å². The van der Waals surface area contributed by atoms with Crippen molar-refractivity contribution in [3.8, 4) is 6.07 Å². The molecule has 0 bridgehead atoms. The summed E-state index contributed by atoms with van der Waals surface area (Å²) < 4.78 is 1.95. The Balaban J connectivity index is 2.25. The number of halogens is 2. The summed E-state index contributed by atoms with van der Waals surface area (Å²) in [6.07, 6.45) is 1.19. The van der Waals surface area contributed by atoms with Crippen LogP contribution in [0.1, 0.15) is 31.0 Å². The Bertz CT molecular complexity index is 1000. The van der Waals surface area contributed by atoms with Crippen molar-refractivity contribution >= 4 is 29.1 Å². The highest BCUT2D eigenvalue weighted by Gasteiger charge is 2.16. The Labute approximate surface area is 159 Å². The third-order valence-corrected chi connectivity index (χ3v) is 4.56. The Morgan fingerprint density at radius 1 is 1.31 bits per heavy atom. The summed E-state index contributed by atoms with van der Waals surface area (Å²) in [5, 5.41) is 12.5. The number of amides is 1. The Morgan fingerprint density at radius 3 is 2.58 bits per heavy atom. The zero-order valence-corrected chi connectivity index (χ0v) is 15.6. The molecule has 1 atom stereocenters. The normalized spacial score (nSPS) is 11.7. The molecule has 0 saturated heterocycles. The topological polar surface area (TPSA) is 96.9 Å². The van der Waals surface area contributed by atoms with Gasteiger partial charge in [0.15, 0.2) is 0 Å². The van der Waals surface area contributed by atoms with Gasteiger partial charge in [0, 0.05) is 12.7 Å². The van der Waals surface area contributed by atoms with E-state index in [0.717, 1.165) is 10.1 Å². The fourth-order valence-corrected chi connectivity index (χ4v) is 2.70. The fraction of sp³-hybridized carbons (Fsp3) is 0.294. The van der Waals surface area contributed by atoms with E-state index in [2.05, 4.69) is 5.32 Å². The molecular weight excluding hydrogens is 379 g/mol. The number of rotatable bonds is 5. The zero-order valence-electron chi connectivity index (χ0n) is 14.1. The molecule has 1 N–H and O–H groups in total. The molecule has 136 valence electrons. The Kier molecular flexibility index (Phi) is 6.24. The van der Waals surface area contributed by atoms with Gasteiger partial charge in [-0.1, -0.05) is 29.3 Å². The van der Waals surface area contributed by atoms with Gasteiger partial charge in [-0.3, -0.25) is 14.2 Å². The van der Waals surface area contributed by atoms with Crippen molar-refractivity contribution in [1.82, 2.24) is 14.5 Å². The van der Waals surface area contributed by atoms with Crippen LogP contribution in [-0.4, -0.2) is 15.0 Å². The number of aromatic nitrogens is 2. The molecule has 2 aromatic rings. The number of carbonyl (C=O) groups excluding carboxylic acids is 1. The number of aryl methyl sites for hydroxylation is 1. The zero-order chi connectivity index (χ0) is 19.4. The maximum absolute atomic E-state index is 12.3. The highest BCUT2D eigenvalue weighted by atomic mass is 35.5. The van der Waals surface area contributed by atoms with Gasteiger partial charge in [0.1, 0.15) is 18.2 Å². The maximum atomic E-state index is 12.3. The van der Waals surface area contributed by atoms with Crippen LogP contribution in [0.4, 0.5) is 0 Å². The first-order valence-electron chi connectivity index (χ1n) is 7.77. The maximum Gasteiger partial charge on any atom is 0.331 e. The quantitative estimate of drug-likeness (QED) is 0.839. The van der Waals surface area contributed by atoms with Crippen molar-refractivity contribution in [2.45, 2.75) is 33.0 Å². The molecule has 0 radical (unpaired) electrons. The largest absolute Gasteiger partial charge is 0.348 e. The van der Waals surface area contributed by atoms with Gasteiger partial charge < -0.3 is 5.32 Å². The minimum absolute atomic E-state index is 0.197. The van der Waals surface area contributed by atoms with E-state index in [1.54, 1.807) is 38.1 Å². The van der Waals surface area contributed by atoms with Crippen LogP contribution in [0, 0.1) is 11.3 Å². The molecular formula is C17H16Cl2N4O3. The number of nitriles is 1. The third-order valence-electron chi connectivity index (χ3n) is 3.82. The molecule has 0 fully saturated rings. The molecule has 1 aromatic carbocycles. The van der Waals surface area contributed by atoms with Crippen LogP contribution < -0.4 is 16.6 Å². The van der Waals surface area contributed by atoms with Crippen molar-refractivity contribution in [2.24, 2.45) is 0 Å². The first kappa shape index (κ1) is 19.8. The van der Waals surface area contributed by atoms with Crippen LogP contribution in [0.15, 0.2) is 34.0 Å². The summed E-state index contributed by atoms with van der Waals surface area (Å²) in [5.41, 5.74) is -0.915. The van der Waals surface area contributed by atoms with Crippen LogP contribution >= 0.6 is 23.2 Å². The molecule has 26 heavy (non-hydrogen) atoms. The Morgan fingerprint density at radius 2 is 2.00 bits per heavy atom. The lowest BCUT2D eigenvalue weighted by Crippen LogP contribution is -2.44. The van der Waals surface area contributed by atoms with Gasteiger partial charge in [0.25, 0.3) is 5.56 Å². The van der Waals surface area contributed by atoms with Gasteiger partial charge in [-0.2, -0.15) is 5.26 Å². The minimum atomic E-state index is -0.792. The van der Waals surface area contributed by atoms with E-state index in [1.165, 1.54) is 10.8 Å². The molecule has 7 nitrogen and oxygen atoms in total. The lowest BCUT2D eigenvalue weighted by Gasteiger charge is -2.16. The van der Waals surface area contributed by atoms with E-state index in [4.69, 9.17) is 28.5 Å². The van der Waals surface area contributed by atoms with E-state index in [9.17, 15) is 14.4 Å². The predicted molar refractivity (Wildman–Crippen MR) is 98.4 cm³/mol. The summed E-state index contributed by atoms with van der Waals surface area (Å²) in [7, 11) is 0. The lowest BCUT2D eigenvalue weighted by molar-refractivity contribution is -0.122. The number of benzene rings is 1. The summed E-state index contributed by atoms with van der Waals surface area (Å²) in [6, 6.07) is 6.27. The van der Waals surface area contributed by atoms with Crippen molar-refractivity contribution in [1.29, 1.82) is 5.26 Å². The summed E-state index contributed by atoms with van der Waals surface area (Å²) in [4.78, 5) is 36.7. The van der Waals surface area contributed by atoms with E-state index < -0.39 is 29.7 Å². The monoisotopic (exact) mass is 394 g/mol. The summed E-state index contributed by atoms with van der Waals surface area (Å²) in [6.45, 7) is 3.22. The molecule has 2 rings (SSSR count). The highest BCUT2D eigenvalue weighted by molar-refractivity contribution is 6.42. The van der Waals surface area contributed by atoms with Crippen LogP contribution in [0.25, 0.3) is 0 Å². The number of hydrogen-bond donors (Lipinski definition) is 1. The second-order valence-electron chi connectivity index (χ2n) is 5.58. The van der Waals surface area contributed by atoms with E-state index in [0.29, 0.717) is 10.0 Å². The molecule has 0 saturated carbocycles. The fourth-order valence-electron chi connectivity index (χ4n) is 2.39. The average Bonchev–Trinajstić information content (AvgIpc) is 2.61. The molecule has 0 aliphatic rings. The van der Waals surface area contributed by atoms with Crippen LogP contribution in [0.2, 0.25) is 10.0 Å². The summed E-state index contributed by atoms with van der Waals surface area (Å²) in [5.74, 6) is -0.541. The first-order chi connectivity index (χ1) is 12.3. The summed E-state index contributed by atoms with van der Waals surface area (Å²) >= 11 is 11.8. The van der Waals surface area contributed by atoms with Gasteiger partial charge in [-0.05, 0) is 31.5 Å². The predicted octanol–water partition coefficient (Wildman–Crippen LogP) is 2.09. The molecule has 1 aromatic heterocycles. The standard InChI is InChI=1S/C17H16Cl2N4O3/c1-3-22-8-12(7-20)16(25)23(17(22)26)9-15(24)21-10(2)11-4-5-13(18)14(19)6-11/h4-6,8,10H,3,9H2,1-2H3,(H,21,24). The van der Waals surface area contributed by atoms with Gasteiger partial charge in [0.2, 0.25) is 5.91 Å². The molecule has 9 heteroatoms. The molecule has 0 spiro atoms. The average molecular weight is 395 g/mol. The van der Waals surface area contributed by atoms with Crippen molar-refractivity contribution in [2.75, 3.05) is 0 Å². The van der Waals surface area contributed by atoms with Gasteiger partial charge in [0.05, 0.1) is 16.1 Å². The highest BCUT2D eigenvalue weighted by Crippen LogP contribution is 2.25. The van der Waals surface area contributed by atoms with E-state index in [-0.39, 0.29) is 12.1 Å². The molecule has 0 aliphatic carbocycles. The second-order valence-corrected chi connectivity index (χ2v) is 6.39. The van der Waals surface area contributed by atoms with E-state index >= 15 is 0 Å². The van der Waals surface area contributed by atoms with E-state index in [1.807, 2.05) is 0 Å². The van der Waals surface area contributed by atoms with Crippen LogP contribution in [0.5, 0.6) is 0 Å². The van der Waals surface area contributed by atoms with Gasteiger partial charge in [-0.15, -0.1) is 0 Å². The molecule has 1 heterocycles. The van der Waals surface area contributed by atoms with Crippen molar-refractivity contribution in [3.63, 3.8) is 0 Å². The number of nitrogens with zero attached hydrogens (tertiary/aromatic N) is 3. The Hall–Kier alpha value is -2.56. The van der Waals surface area contributed by atoms with Crippen LogP contribution in [-0.2, 0) is 17.9 Å². The number of hydrogen-bond acceptors (Lipinski definition) is 4. The smallest absolute Gasteiger partial charge is 0.331 e. The van der Waals surface area contributed by atoms with Crippen molar-refractivity contribution < 1.29 is 4.79 Å². The third kappa shape index (κ3) is 4.15. The van der Waals surface area contributed by atoms with Crippen molar-refractivity contribution in [3.05, 3.63) is 66.4 Å². The van der Waals surface area contributed by atoms with Gasteiger partial charge in [-0.25, -0.2) is 9.36 Å². The second kappa shape index (κ2) is 8.21. The van der Waals surface area contributed by atoms with Gasteiger partial charge >= 0.3 is 5.69 Å². The lowest BCUT2D eigenvalue weighted by atomic mass is 10.1. The first-order valence-corrected chi connectivity index (χ1v) is 8.52. The molecule has 0 aliphatic heterocycles. The molecule has 1 amide bonds. The SMILES string of the molecule is CCn1cc(C#N)c(=O)n(CC(=O)NC(C)c2ccc(Cl)c(Cl)c2)c1=O. The number of carbonyl (C=O) groups is 1. The minimum Gasteiger partial charge on any atom is -0.348 e. The number of nitrogens with one attached hydrogen (secondary N) is 1.